The summed E-state index contributed by atoms with van der Waals surface area (Å²) in [5.74, 6) is -1.49. The van der Waals surface area contributed by atoms with Crippen molar-refractivity contribution in [2.24, 2.45) is 5.73 Å². The third kappa shape index (κ3) is 2.83. The molecule has 26 heavy (non-hydrogen) atoms. The van der Waals surface area contributed by atoms with E-state index >= 15 is 8.78 Å². The summed E-state index contributed by atoms with van der Waals surface area (Å²) in [6.45, 7) is 5.31. The van der Waals surface area contributed by atoms with Crippen LogP contribution in [0.4, 0.5) is 19.4 Å². The van der Waals surface area contributed by atoms with Crippen LogP contribution in [0, 0.1) is 11.6 Å². The fourth-order valence-electron chi connectivity index (χ4n) is 2.99. The Morgan fingerprint density at radius 2 is 1.77 bits per heavy atom. The van der Waals surface area contributed by atoms with Gasteiger partial charge in [0, 0.05) is 16.5 Å². The Labute approximate surface area is 148 Å². The molecule has 1 amide bonds. The molecule has 0 saturated heterocycles. The number of benzene rings is 2. The lowest BCUT2D eigenvalue weighted by atomic mass is 9.81. The predicted octanol–water partition coefficient (Wildman–Crippen LogP) is 3.85. The van der Waals surface area contributed by atoms with Gasteiger partial charge in [-0.2, -0.15) is 5.10 Å². The van der Waals surface area contributed by atoms with Gasteiger partial charge in [-0.3, -0.25) is 5.10 Å². The zero-order valence-corrected chi connectivity index (χ0v) is 14.5. The number of aromatic nitrogens is 2. The highest BCUT2D eigenvalue weighted by Gasteiger charge is 2.28. The lowest BCUT2D eigenvalue weighted by Crippen LogP contribution is -2.20. The monoisotopic (exact) mass is 360 g/mol. The number of aromatic amines is 1. The molecule has 5 N–H and O–H groups in total. The number of ether oxygens (including phenoxy) is 1. The number of hydrogen-bond donors (Lipinski definition) is 3. The number of anilines is 1. The number of nitrogen functional groups attached to an aromatic ring is 1. The van der Waals surface area contributed by atoms with E-state index in [9.17, 15) is 4.79 Å². The minimum Gasteiger partial charge on any atom is -0.407 e. The lowest BCUT2D eigenvalue weighted by Gasteiger charge is -2.25. The fourth-order valence-corrected chi connectivity index (χ4v) is 2.99. The molecule has 0 bridgehead atoms. The number of rotatable bonds is 2. The normalized spacial score (nSPS) is 11.7. The van der Waals surface area contributed by atoms with E-state index in [0.717, 1.165) is 0 Å². The van der Waals surface area contributed by atoms with Gasteiger partial charge in [0.25, 0.3) is 0 Å². The van der Waals surface area contributed by atoms with Gasteiger partial charge in [0.1, 0.15) is 5.52 Å². The zero-order chi connectivity index (χ0) is 19.2. The number of fused-ring (bicyclic) bond motifs is 1. The van der Waals surface area contributed by atoms with Crippen LogP contribution in [0.15, 0.2) is 24.3 Å². The minimum absolute atomic E-state index is 0.137. The molecule has 6 nitrogen and oxygen atoms in total. The van der Waals surface area contributed by atoms with E-state index < -0.39 is 23.1 Å². The molecule has 0 aliphatic heterocycles. The van der Waals surface area contributed by atoms with Gasteiger partial charge in [-0.05, 0) is 23.1 Å². The van der Waals surface area contributed by atoms with Gasteiger partial charge in [0.05, 0.1) is 0 Å². The molecule has 0 saturated carbocycles. The number of amides is 1. The fraction of sp³-hybridized carbons (Fsp3) is 0.222. The molecule has 1 heterocycles. The summed E-state index contributed by atoms with van der Waals surface area (Å²) in [4.78, 5) is 11.0. The standard InChI is InChI=1S/C18H18F2N4O2/c1-18(2,3)12-8(6-7-11(14(12)20)26-17(22)25)9-4-5-10-15(13(9)19)23-24-16(10)21/h4-7H,1-3H3,(H2,22,25)(H3,21,23,24). The van der Waals surface area contributed by atoms with Crippen LogP contribution in [-0.2, 0) is 5.41 Å². The maximum Gasteiger partial charge on any atom is 0.410 e. The number of nitrogens with one attached hydrogen (secondary N) is 1. The Bertz CT molecular complexity index is 1020. The molecule has 0 radical (unpaired) electrons. The highest BCUT2D eigenvalue weighted by Crippen LogP contribution is 2.40. The third-order valence-electron chi connectivity index (χ3n) is 4.06. The molecule has 0 unspecified atom stereocenters. The Morgan fingerprint density at radius 1 is 1.12 bits per heavy atom. The van der Waals surface area contributed by atoms with Gasteiger partial charge in [-0.25, -0.2) is 13.6 Å². The number of nitrogens with zero attached hydrogens (tertiary/aromatic N) is 1. The third-order valence-corrected chi connectivity index (χ3v) is 4.06. The maximum atomic E-state index is 15.0. The second kappa shape index (κ2) is 5.98. The molecular weight excluding hydrogens is 342 g/mol. The second-order valence-corrected chi connectivity index (χ2v) is 6.93. The summed E-state index contributed by atoms with van der Waals surface area (Å²) in [6, 6.07) is 5.87. The molecular formula is C18H18F2N4O2. The Balaban J connectivity index is 2.30. The summed E-state index contributed by atoms with van der Waals surface area (Å²) >= 11 is 0. The summed E-state index contributed by atoms with van der Waals surface area (Å²) in [5, 5.41) is 6.78. The van der Waals surface area contributed by atoms with Gasteiger partial charge >= 0.3 is 6.09 Å². The van der Waals surface area contributed by atoms with Gasteiger partial charge in [-0.1, -0.05) is 32.9 Å². The second-order valence-electron chi connectivity index (χ2n) is 6.93. The first-order chi connectivity index (χ1) is 12.1. The Kier molecular flexibility index (Phi) is 4.06. The number of primary amides is 1. The molecule has 3 rings (SSSR count). The Morgan fingerprint density at radius 3 is 2.38 bits per heavy atom. The van der Waals surface area contributed by atoms with Crippen molar-refractivity contribution in [3.05, 3.63) is 41.5 Å². The first kappa shape index (κ1) is 17.7. The van der Waals surface area contributed by atoms with E-state index in [-0.39, 0.29) is 28.2 Å². The number of carbonyl (C=O) groups is 1. The first-order valence-electron chi connectivity index (χ1n) is 7.84. The SMILES string of the molecule is CC(C)(C)c1c(-c2ccc3c(N)n[nH]c3c2F)ccc(OC(N)=O)c1F. The maximum absolute atomic E-state index is 15.0. The van der Waals surface area contributed by atoms with Gasteiger partial charge in [-0.15, -0.1) is 0 Å². The molecule has 0 atom stereocenters. The minimum atomic E-state index is -1.13. The molecule has 136 valence electrons. The molecule has 0 aliphatic rings. The highest BCUT2D eigenvalue weighted by atomic mass is 19.1. The predicted molar refractivity (Wildman–Crippen MR) is 94.8 cm³/mol. The number of halogens is 2. The van der Waals surface area contributed by atoms with E-state index in [1.165, 1.54) is 18.2 Å². The van der Waals surface area contributed by atoms with Gasteiger partial charge in [0.2, 0.25) is 0 Å². The summed E-state index contributed by atoms with van der Waals surface area (Å²) in [7, 11) is 0. The number of H-pyrrole nitrogens is 1. The lowest BCUT2D eigenvalue weighted by molar-refractivity contribution is 0.208. The van der Waals surface area contributed by atoms with Crippen LogP contribution >= 0.6 is 0 Å². The molecule has 0 spiro atoms. The Hall–Kier alpha value is -3.16. The van der Waals surface area contributed by atoms with Crippen molar-refractivity contribution in [3.63, 3.8) is 0 Å². The molecule has 0 fully saturated rings. The summed E-state index contributed by atoms with van der Waals surface area (Å²) in [5.41, 5.74) is 10.8. The number of carbonyl (C=O) groups excluding carboxylic acids is 1. The van der Waals surface area contributed by atoms with Crippen LogP contribution in [0.25, 0.3) is 22.0 Å². The zero-order valence-electron chi connectivity index (χ0n) is 14.5. The highest BCUT2D eigenvalue weighted by molar-refractivity contribution is 5.93. The molecule has 2 aromatic carbocycles. The average Bonchev–Trinajstić information content (AvgIpc) is 2.90. The quantitative estimate of drug-likeness (QED) is 0.645. The van der Waals surface area contributed by atoms with E-state index in [4.69, 9.17) is 16.2 Å². The number of nitrogens with two attached hydrogens (primary N) is 2. The van der Waals surface area contributed by atoms with Crippen molar-refractivity contribution in [2.75, 3.05) is 5.73 Å². The van der Waals surface area contributed by atoms with Crippen molar-refractivity contribution in [1.82, 2.24) is 10.2 Å². The van der Waals surface area contributed by atoms with Crippen LogP contribution in [0.5, 0.6) is 5.75 Å². The van der Waals surface area contributed by atoms with Gasteiger partial charge in [0.15, 0.2) is 23.2 Å². The van der Waals surface area contributed by atoms with Crippen LogP contribution < -0.4 is 16.2 Å². The smallest absolute Gasteiger partial charge is 0.407 e. The van der Waals surface area contributed by atoms with Crippen LogP contribution in [-0.4, -0.2) is 16.3 Å². The molecule has 8 heteroatoms. The van der Waals surface area contributed by atoms with Crippen LogP contribution in [0.3, 0.4) is 0 Å². The summed E-state index contributed by atoms with van der Waals surface area (Å²) in [6.07, 6.45) is -1.13. The number of hydrogen-bond acceptors (Lipinski definition) is 4. The largest absolute Gasteiger partial charge is 0.410 e. The van der Waals surface area contributed by atoms with Crippen molar-refractivity contribution < 1.29 is 18.3 Å². The van der Waals surface area contributed by atoms with Crippen molar-refractivity contribution >= 4 is 22.8 Å². The molecule has 0 aliphatic carbocycles. The molecule has 1 aromatic heterocycles. The van der Waals surface area contributed by atoms with Gasteiger partial charge < -0.3 is 16.2 Å². The summed E-state index contributed by atoms with van der Waals surface area (Å²) < 4.78 is 34.8. The average molecular weight is 360 g/mol. The van der Waals surface area contributed by atoms with Crippen LogP contribution in [0.1, 0.15) is 26.3 Å². The van der Waals surface area contributed by atoms with E-state index in [1.54, 1.807) is 26.8 Å². The van der Waals surface area contributed by atoms with Crippen molar-refractivity contribution in [2.45, 2.75) is 26.2 Å². The molecule has 3 aromatic rings. The van der Waals surface area contributed by atoms with Crippen molar-refractivity contribution in [1.29, 1.82) is 0 Å². The van der Waals surface area contributed by atoms with E-state index in [1.807, 2.05) is 0 Å². The first-order valence-corrected chi connectivity index (χ1v) is 7.84. The van der Waals surface area contributed by atoms with Crippen LogP contribution in [0.2, 0.25) is 0 Å². The van der Waals surface area contributed by atoms with E-state index in [0.29, 0.717) is 10.9 Å². The topological polar surface area (TPSA) is 107 Å². The van der Waals surface area contributed by atoms with Crippen molar-refractivity contribution in [3.8, 4) is 16.9 Å². The van der Waals surface area contributed by atoms with E-state index in [2.05, 4.69) is 10.2 Å².